The molecule has 5 fully saturated rings. The molecule has 4 aliphatic carbocycles. The van der Waals surface area contributed by atoms with Gasteiger partial charge in [-0.1, -0.05) is 13.8 Å². The number of carbonyl (C=O) groups excluding carboxylic acids is 1. The zero-order valence-electron chi connectivity index (χ0n) is 23.7. The van der Waals surface area contributed by atoms with Crippen molar-refractivity contribution < 1.29 is 59.7 Å². The van der Waals surface area contributed by atoms with Crippen molar-refractivity contribution in [2.75, 3.05) is 13.2 Å². The van der Waals surface area contributed by atoms with Crippen LogP contribution in [0.3, 0.4) is 0 Å². The van der Waals surface area contributed by atoms with E-state index in [-0.39, 0.29) is 34.7 Å². The molecule has 232 valence electrons. The predicted molar refractivity (Wildman–Crippen MR) is 139 cm³/mol. The molecule has 0 aromatic rings. The number of esters is 1. The Morgan fingerprint density at radius 3 is 2.44 bits per heavy atom. The number of cyclic esters (lactones) is 1. The third kappa shape index (κ3) is 4.61. The van der Waals surface area contributed by atoms with Crippen LogP contribution >= 0.6 is 0 Å². The van der Waals surface area contributed by atoms with Crippen molar-refractivity contribution in [2.24, 2.45) is 34.5 Å². The van der Waals surface area contributed by atoms with Crippen LogP contribution < -0.4 is 0 Å². The average molecular weight is 585 g/mol. The molecule has 1 saturated heterocycles. The predicted octanol–water partition coefficient (Wildman–Crippen LogP) is 2.92. The molecule has 12 heteroatoms. The highest BCUT2D eigenvalue weighted by Gasteiger charge is 2.67. The summed E-state index contributed by atoms with van der Waals surface area (Å²) in [6, 6.07) is 0. The quantitative estimate of drug-likeness (QED) is 0.128. The van der Waals surface area contributed by atoms with E-state index in [1.807, 2.05) is 0 Å². The lowest BCUT2D eigenvalue weighted by Gasteiger charge is -2.64. The van der Waals surface area contributed by atoms with Gasteiger partial charge in [-0.3, -0.25) is 15.8 Å². The SMILES string of the molecule is C[C@]12CC[C@H](O[C@@H]3OC(COO)C(O)[C@H](OO)[C@@H]3OO)C[C@H]1CC[C@@H]1[C@@H]2CC[C@]2(C)[C@@H](C3=CC(=O)OC3)CC[C@]12O. The van der Waals surface area contributed by atoms with Crippen molar-refractivity contribution in [1.29, 1.82) is 0 Å². The Morgan fingerprint density at radius 1 is 0.976 bits per heavy atom. The van der Waals surface area contributed by atoms with Gasteiger partial charge >= 0.3 is 5.97 Å². The molecule has 13 atom stereocenters. The normalized spacial score (nSPS) is 51.4. The second-order valence-corrected chi connectivity index (χ2v) is 13.8. The highest BCUT2D eigenvalue weighted by molar-refractivity contribution is 5.85. The standard InChI is InChI=1S/C29H44O12/c1-27-8-5-17(38-26-25(41-35)24(40-34)23(31)21(39-26)14-37-33)12-16(27)3-4-20-19(27)6-9-28(2)18(7-10-29(20,28)32)15-11-22(30)36-13-15/h11,16-21,23-26,31-35H,3-10,12-14H2,1-2H3/t16-,17+,18-,19+,20-,21?,23?,24+,25+,26-,27+,28-,29+/m1/s1. The molecule has 0 radical (unpaired) electrons. The molecule has 2 unspecified atom stereocenters. The summed E-state index contributed by atoms with van der Waals surface area (Å²) >= 11 is 0. The summed E-state index contributed by atoms with van der Waals surface area (Å²) in [7, 11) is 0. The number of hydrogen-bond donors (Lipinski definition) is 5. The van der Waals surface area contributed by atoms with Crippen molar-refractivity contribution in [3.05, 3.63) is 11.6 Å². The lowest BCUT2D eigenvalue weighted by atomic mass is 9.43. The van der Waals surface area contributed by atoms with Crippen LogP contribution in [0.4, 0.5) is 0 Å². The Hall–Kier alpha value is -1.19. The van der Waals surface area contributed by atoms with E-state index in [1.54, 1.807) is 6.08 Å². The first-order chi connectivity index (χ1) is 19.6. The monoisotopic (exact) mass is 584 g/mol. The van der Waals surface area contributed by atoms with Crippen LogP contribution in [0, 0.1) is 34.5 Å². The van der Waals surface area contributed by atoms with Crippen molar-refractivity contribution in [2.45, 2.75) is 114 Å². The van der Waals surface area contributed by atoms with Crippen LogP contribution in [-0.2, 0) is 33.7 Å². The lowest BCUT2D eigenvalue weighted by Crippen LogP contribution is -2.63. The van der Waals surface area contributed by atoms with Crippen LogP contribution in [-0.4, -0.2) is 87.6 Å². The maximum Gasteiger partial charge on any atom is 0.331 e. The summed E-state index contributed by atoms with van der Waals surface area (Å²) in [5.41, 5.74) is 0.0119. The number of aliphatic hydroxyl groups excluding tert-OH is 1. The first-order valence-corrected chi connectivity index (χ1v) is 15.0. The van der Waals surface area contributed by atoms with Gasteiger partial charge in [-0.05, 0) is 92.4 Å². The van der Waals surface area contributed by atoms with E-state index < -0.39 is 42.9 Å². The fourth-order valence-corrected chi connectivity index (χ4v) is 10.1. The molecule has 2 heterocycles. The highest BCUT2D eigenvalue weighted by atomic mass is 17.1. The highest BCUT2D eigenvalue weighted by Crippen LogP contribution is 2.70. The second-order valence-electron chi connectivity index (χ2n) is 13.8. The minimum absolute atomic E-state index is 0.0319. The first-order valence-electron chi connectivity index (χ1n) is 15.0. The topological polar surface area (TPSA) is 174 Å². The lowest BCUT2D eigenvalue weighted by molar-refractivity contribution is -0.437. The molecule has 0 bridgehead atoms. The molecule has 5 N–H and O–H groups in total. The number of hydrogen-bond acceptors (Lipinski definition) is 12. The minimum atomic E-state index is -1.44. The van der Waals surface area contributed by atoms with Gasteiger partial charge in [-0.25, -0.2) is 19.5 Å². The summed E-state index contributed by atoms with van der Waals surface area (Å²) < 4.78 is 17.3. The number of carbonyl (C=O) groups is 1. The van der Waals surface area contributed by atoms with E-state index in [1.165, 1.54) is 0 Å². The number of ether oxygens (including phenoxy) is 3. The average Bonchev–Trinajstić information content (AvgIpc) is 3.50. The molecule has 0 amide bonds. The minimum Gasteiger partial charge on any atom is -0.458 e. The molecule has 6 aliphatic rings. The van der Waals surface area contributed by atoms with Crippen molar-refractivity contribution in [1.82, 2.24) is 0 Å². The summed E-state index contributed by atoms with van der Waals surface area (Å²) in [6.45, 7) is 4.54. The second kappa shape index (κ2) is 11.1. The van der Waals surface area contributed by atoms with Gasteiger partial charge in [-0.15, -0.1) is 0 Å². The fourth-order valence-electron chi connectivity index (χ4n) is 10.1. The first kappa shape index (κ1) is 29.9. The molecule has 41 heavy (non-hydrogen) atoms. The summed E-state index contributed by atoms with van der Waals surface area (Å²) in [5.74, 6) is 0.823. The van der Waals surface area contributed by atoms with Gasteiger partial charge in [0.15, 0.2) is 18.5 Å². The largest absolute Gasteiger partial charge is 0.458 e. The summed E-state index contributed by atoms with van der Waals surface area (Å²) in [6.07, 6.45) is 2.88. The van der Waals surface area contributed by atoms with Gasteiger partial charge in [0, 0.05) is 11.5 Å². The molecule has 0 aromatic heterocycles. The van der Waals surface area contributed by atoms with E-state index >= 15 is 0 Å². The molecule has 2 aliphatic heterocycles. The van der Waals surface area contributed by atoms with Crippen LogP contribution in [0.15, 0.2) is 11.6 Å². The van der Waals surface area contributed by atoms with E-state index in [9.17, 15) is 25.5 Å². The Bertz CT molecular complexity index is 1020. The van der Waals surface area contributed by atoms with Crippen LogP contribution in [0.1, 0.15) is 71.6 Å². The molecular formula is C29H44O12. The molecule has 4 saturated carbocycles. The number of aliphatic hydroxyl groups is 2. The van der Waals surface area contributed by atoms with E-state index in [4.69, 9.17) is 19.5 Å². The number of fused-ring (bicyclic) bond motifs is 5. The van der Waals surface area contributed by atoms with Crippen molar-refractivity contribution in [3.63, 3.8) is 0 Å². The maximum absolute atomic E-state index is 12.4. The van der Waals surface area contributed by atoms with Crippen LogP contribution in [0.2, 0.25) is 0 Å². The van der Waals surface area contributed by atoms with Crippen LogP contribution in [0.25, 0.3) is 0 Å². The zero-order chi connectivity index (χ0) is 29.2. The van der Waals surface area contributed by atoms with Gasteiger partial charge in [0.05, 0.1) is 11.7 Å². The van der Waals surface area contributed by atoms with Gasteiger partial charge < -0.3 is 24.4 Å². The third-order valence-electron chi connectivity index (χ3n) is 12.4. The van der Waals surface area contributed by atoms with Gasteiger partial charge in [0.25, 0.3) is 0 Å². The Balaban J connectivity index is 1.15. The summed E-state index contributed by atoms with van der Waals surface area (Å²) in [5, 5.41) is 50.6. The zero-order valence-corrected chi connectivity index (χ0v) is 23.7. The summed E-state index contributed by atoms with van der Waals surface area (Å²) in [4.78, 5) is 24.8. The van der Waals surface area contributed by atoms with Crippen molar-refractivity contribution in [3.8, 4) is 0 Å². The Morgan fingerprint density at radius 2 is 1.76 bits per heavy atom. The molecule has 12 nitrogen and oxygen atoms in total. The molecule has 0 aromatic carbocycles. The van der Waals surface area contributed by atoms with Crippen molar-refractivity contribution >= 4 is 5.97 Å². The Kier molecular flexibility index (Phi) is 8.06. The Labute approximate surface area is 239 Å². The third-order valence-corrected chi connectivity index (χ3v) is 12.4. The van der Waals surface area contributed by atoms with Gasteiger partial charge in [0.1, 0.15) is 25.4 Å². The van der Waals surface area contributed by atoms with Gasteiger partial charge in [0.2, 0.25) is 0 Å². The smallest absolute Gasteiger partial charge is 0.331 e. The maximum atomic E-state index is 12.4. The van der Waals surface area contributed by atoms with Gasteiger partial charge in [-0.2, -0.15) is 0 Å². The van der Waals surface area contributed by atoms with E-state index in [0.29, 0.717) is 18.4 Å². The van der Waals surface area contributed by atoms with E-state index in [0.717, 1.165) is 63.4 Å². The molecule has 0 spiro atoms. The number of rotatable bonds is 7. The fraction of sp³-hybridized carbons (Fsp3) is 0.897. The molecular weight excluding hydrogens is 540 g/mol. The van der Waals surface area contributed by atoms with Crippen LogP contribution in [0.5, 0.6) is 0 Å². The van der Waals surface area contributed by atoms with E-state index in [2.05, 4.69) is 28.5 Å². The molecule has 6 rings (SSSR count).